The Kier molecular flexibility index (Phi) is 8.07. The van der Waals surface area contributed by atoms with E-state index in [1.54, 1.807) is 6.20 Å². The van der Waals surface area contributed by atoms with Crippen LogP contribution in [0.2, 0.25) is 0 Å². The molecule has 7 N–H and O–H groups in total. The average Bonchev–Trinajstić information content (AvgIpc) is 3.45. The number of nitrogens with two attached hydrogens (primary N) is 1. The van der Waals surface area contributed by atoms with Gasteiger partial charge in [-0.15, -0.1) is 0 Å². The minimum atomic E-state index is -1.36. The monoisotopic (exact) mass is 487 g/mol. The van der Waals surface area contributed by atoms with Crippen LogP contribution in [-0.4, -0.2) is 80.5 Å². The molecule has 0 spiro atoms. The molecule has 1 aliphatic heterocycles. The highest BCUT2D eigenvalue weighted by Crippen LogP contribution is 2.23. The zero-order valence-electron chi connectivity index (χ0n) is 19.2. The summed E-state index contributed by atoms with van der Waals surface area (Å²) >= 11 is 0. The summed E-state index contributed by atoms with van der Waals surface area (Å²) in [5, 5.41) is 23.8. The molecule has 12 heteroatoms. The lowest BCUT2D eigenvalue weighted by atomic mass is 10.0. The number of aromatic amines is 1. The summed E-state index contributed by atoms with van der Waals surface area (Å²) in [4.78, 5) is 65.4. The molecule has 12 nitrogen and oxygen atoms in total. The number of aliphatic carboxylic acids is 2. The highest BCUT2D eigenvalue weighted by molar-refractivity contribution is 5.95. The first-order valence-corrected chi connectivity index (χ1v) is 11.2. The first kappa shape index (κ1) is 25.7. The molecule has 4 unspecified atom stereocenters. The molecule has 2 aromatic rings. The van der Waals surface area contributed by atoms with Crippen LogP contribution in [-0.2, 0) is 30.4 Å². The zero-order valence-corrected chi connectivity index (χ0v) is 19.2. The second-order valence-corrected chi connectivity index (χ2v) is 8.59. The Bertz CT molecular complexity index is 1130. The average molecular weight is 488 g/mol. The molecule has 3 rings (SSSR count). The predicted molar refractivity (Wildman–Crippen MR) is 124 cm³/mol. The molecule has 1 aromatic carbocycles. The van der Waals surface area contributed by atoms with Crippen LogP contribution >= 0.6 is 0 Å². The standard InChI is InChI=1S/C23H29N5O7/c1-12(23(34)35)26-21(32)18-7-4-8-28(18)22(33)17(27-20(31)15(24)10-19(29)30)9-13-11-25-16-6-3-2-5-14(13)16/h2-3,5-6,11-12,15,17-18,25H,4,7-10,24H2,1H3,(H,26,32)(H,27,31)(H,29,30)(H,34,35). The topological polar surface area (TPSA) is 195 Å². The largest absolute Gasteiger partial charge is 0.481 e. The lowest BCUT2D eigenvalue weighted by Crippen LogP contribution is -2.57. The molecular weight excluding hydrogens is 458 g/mol. The van der Waals surface area contributed by atoms with Crippen molar-refractivity contribution < 1.29 is 34.2 Å². The normalized spacial score (nSPS) is 18.0. The van der Waals surface area contributed by atoms with Crippen LogP contribution in [0.1, 0.15) is 31.7 Å². The molecule has 3 amide bonds. The smallest absolute Gasteiger partial charge is 0.325 e. The number of likely N-dealkylation sites (tertiary alicyclic amines) is 1. The van der Waals surface area contributed by atoms with Gasteiger partial charge in [0.25, 0.3) is 0 Å². The van der Waals surface area contributed by atoms with Crippen molar-refractivity contribution in [3.8, 4) is 0 Å². The van der Waals surface area contributed by atoms with Crippen molar-refractivity contribution in [3.05, 3.63) is 36.0 Å². The fourth-order valence-corrected chi connectivity index (χ4v) is 4.15. The van der Waals surface area contributed by atoms with Gasteiger partial charge in [0.2, 0.25) is 17.7 Å². The third kappa shape index (κ3) is 6.15. The van der Waals surface area contributed by atoms with E-state index in [4.69, 9.17) is 15.9 Å². The Morgan fingerprint density at radius 3 is 2.57 bits per heavy atom. The predicted octanol–water partition coefficient (Wildman–Crippen LogP) is -0.422. The van der Waals surface area contributed by atoms with Crippen molar-refractivity contribution in [1.29, 1.82) is 0 Å². The van der Waals surface area contributed by atoms with Crippen LogP contribution in [0.4, 0.5) is 0 Å². The van der Waals surface area contributed by atoms with Crippen LogP contribution in [0.15, 0.2) is 30.5 Å². The van der Waals surface area contributed by atoms with Gasteiger partial charge in [-0.05, 0) is 31.4 Å². The number of amides is 3. The molecular formula is C23H29N5O7. The van der Waals surface area contributed by atoms with Gasteiger partial charge in [0.1, 0.15) is 18.1 Å². The maximum absolute atomic E-state index is 13.6. The van der Waals surface area contributed by atoms with E-state index >= 15 is 0 Å². The number of fused-ring (bicyclic) bond motifs is 1. The van der Waals surface area contributed by atoms with Gasteiger partial charge in [0.05, 0.1) is 12.5 Å². The summed E-state index contributed by atoms with van der Waals surface area (Å²) in [6.07, 6.45) is 2.05. The Hall–Kier alpha value is -3.93. The van der Waals surface area contributed by atoms with E-state index in [0.717, 1.165) is 16.5 Å². The van der Waals surface area contributed by atoms with E-state index in [0.29, 0.717) is 12.8 Å². The number of rotatable bonds is 10. The molecule has 188 valence electrons. The summed E-state index contributed by atoms with van der Waals surface area (Å²) in [5.41, 5.74) is 7.28. The van der Waals surface area contributed by atoms with Gasteiger partial charge < -0.3 is 36.5 Å². The van der Waals surface area contributed by atoms with Crippen LogP contribution in [0, 0.1) is 0 Å². The number of H-pyrrole nitrogens is 1. The summed E-state index contributed by atoms with van der Waals surface area (Å²) in [7, 11) is 0. The molecule has 0 radical (unpaired) electrons. The van der Waals surface area contributed by atoms with Gasteiger partial charge >= 0.3 is 11.9 Å². The van der Waals surface area contributed by atoms with Crippen LogP contribution in [0.25, 0.3) is 10.9 Å². The Labute approximate surface area is 200 Å². The molecule has 1 fully saturated rings. The molecule has 0 bridgehead atoms. The molecule has 0 saturated carbocycles. The Morgan fingerprint density at radius 2 is 1.89 bits per heavy atom. The first-order chi connectivity index (χ1) is 16.6. The summed E-state index contributed by atoms with van der Waals surface area (Å²) in [6, 6.07) is 2.91. The third-order valence-electron chi connectivity index (χ3n) is 6.01. The van der Waals surface area contributed by atoms with Crippen LogP contribution in [0.5, 0.6) is 0 Å². The minimum absolute atomic E-state index is 0.0742. The number of aromatic nitrogens is 1. The zero-order chi connectivity index (χ0) is 25.7. The van der Waals surface area contributed by atoms with Crippen molar-refractivity contribution in [1.82, 2.24) is 20.5 Å². The first-order valence-electron chi connectivity index (χ1n) is 11.2. The fourth-order valence-electron chi connectivity index (χ4n) is 4.15. The lowest BCUT2D eigenvalue weighted by molar-refractivity contribution is -0.144. The Morgan fingerprint density at radius 1 is 1.17 bits per heavy atom. The maximum Gasteiger partial charge on any atom is 0.325 e. The van der Waals surface area contributed by atoms with Gasteiger partial charge in [0.15, 0.2) is 0 Å². The molecule has 35 heavy (non-hydrogen) atoms. The van der Waals surface area contributed by atoms with Crippen molar-refractivity contribution in [2.75, 3.05) is 6.54 Å². The maximum atomic E-state index is 13.6. The summed E-state index contributed by atoms with van der Waals surface area (Å²) < 4.78 is 0. The van der Waals surface area contributed by atoms with Gasteiger partial charge in [0, 0.05) is 30.1 Å². The molecule has 2 heterocycles. The SMILES string of the molecule is CC(NC(=O)C1CCCN1C(=O)C(Cc1c[nH]c2ccccc12)NC(=O)C(N)CC(=O)O)C(=O)O. The van der Waals surface area contributed by atoms with Crippen LogP contribution < -0.4 is 16.4 Å². The van der Waals surface area contributed by atoms with E-state index in [1.807, 2.05) is 24.3 Å². The number of nitrogens with zero attached hydrogens (tertiary/aromatic N) is 1. The van der Waals surface area contributed by atoms with Gasteiger partial charge in [-0.3, -0.25) is 24.0 Å². The lowest BCUT2D eigenvalue weighted by Gasteiger charge is -2.29. The summed E-state index contributed by atoms with van der Waals surface area (Å²) in [5.74, 6) is -4.38. The molecule has 0 aliphatic carbocycles. The Balaban J connectivity index is 1.84. The van der Waals surface area contributed by atoms with Crippen molar-refractivity contribution >= 4 is 40.6 Å². The van der Waals surface area contributed by atoms with E-state index in [1.165, 1.54) is 11.8 Å². The molecule has 4 atom stereocenters. The minimum Gasteiger partial charge on any atom is -0.481 e. The number of carbonyl (C=O) groups is 5. The number of para-hydroxylation sites is 1. The number of carboxylic acids is 2. The highest BCUT2D eigenvalue weighted by Gasteiger charge is 2.39. The van der Waals surface area contributed by atoms with E-state index in [9.17, 15) is 24.0 Å². The summed E-state index contributed by atoms with van der Waals surface area (Å²) in [6.45, 7) is 1.57. The number of benzene rings is 1. The number of carboxylic acid groups (broad SMARTS) is 2. The highest BCUT2D eigenvalue weighted by atomic mass is 16.4. The fraction of sp³-hybridized carbons (Fsp3) is 0.435. The number of hydrogen-bond acceptors (Lipinski definition) is 6. The van der Waals surface area contributed by atoms with Gasteiger partial charge in [-0.2, -0.15) is 0 Å². The quantitative estimate of drug-likeness (QED) is 0.260. The van der Waals surface area contributed by atoms with E-state index in [-0.39, 0.29) is 13.0 Å². The second-order valence-electron chi connectivity index (χ2n) is 8.59. The second kappa shape index (κ2) is 11.0. The third-order valence-corrected chi connectivity index (χ3v) is 6.01. The van der Waals surface area contributed by atoms with E-state index in [2.05, 4.69) is 15.6 Å². The molecule has 1 saturated heterocycles. The van der Waals surface area contributed by atoms with Crippen molar-refractivity contribution in [3.63, 3.8) is 0 Å². The van der Waals surface area contributed by atoms with E-state index < -0.39 is 60.2 Å². The molecule has 1 aliphatic rings. The van der Waals surface area contributed by atoms with Gasteiger partial charge in [-0.25, -0.2) is 0 Å². The van der Waals surface area contributed by atoms with Gasteiger partial charge in [-0.1, -0.05) is 18.2 Å². The number of hydrogen-bond donors (Lipinski definition) is 6. The van der Waals surface area contributed by atoms with Crippen LogP contribution in [0.3, 0.4) is 0 Å². The molecule has 1 aromatic heterocycles. The number of nitrogens with one attached hydrogen (secondary N) is 3. The van der Waals surface area contributed by atoms with Crippen molar-refractivity contribution in [2.24, 2.45) is 5.73 Å². The number of carbonyl (C=O) groups excluding carboxylic acids is 3. The van der Waals surface area contributed by atoms with Crippen molar-refractivity contribution in [2.45, 2.75) is 56.8 Å².